The van der Waals surface area contributed by atoms with Gasteiger partial charge in [0, 0.05) is 10.7 Å². The number of hydrogen-bond acceptors (Lipinski definition) is 3. The second kappa shape index (κ2) is 6.33. The van der Waals surface area contributed by atoms with E-state index >= 15 is 0 Å². The molecule has 0 heterocycles. The van der Waals surface area contributed by atoms with Gasteiger partial charge in [0.05, 0.1) is 11.3 Å². The molecule has 0 radical (unpaired) electrons. The molecule has 0 spiro atoms. The van der Waals surface area contributed by atoms with E-state index in [1.807, 2.05) is 29.5 Å². The highest BCUT2D eigenvalue weighted by molar-refractivity contribution is 14.1. The van der Waals surface area contributed by atoms with Gasteiger partial charge in [0.15, 0.2) is 0 Å². The zero-order valence-electron chi connectivity index (χ0n) is 11.0. The number of amides is 1. The summed E-state index contributed by atoms with van der Waals surface area (Å²) in [7, 11) is 1.47. The Labute approximate surface area is 125 Å². The molecule has 0 aliphatic heterocycles. The second-order valence-electron chi connectivity index (χ2n) is 4.24. The van der Waals surface area contributed by atoms with Crippen LogP contribution in [0, 0.1) is 3.57 Å². The Morgan fingerprint density at radius 3 is 2.58 bits per heavy atom. The molecule has 5 nitrogen and oxygen atoms in total. The van der Waals surface area contributed by atoms with E-state index in [0.717, 1.165) is 3.57 Å². The topological polar surface area (TPSA) is 75.6 Å². The molecule has 1 unspecified atom stereocenters. The Hall–Kier alpha value is -1.15. The number of anilines is 1. The predicted octanol–water partition coefficient (Wildman–Crippen LogP) is 2.74. The van der Waals surface area contributed by atoms with E-state index in [0.29, 0.717) is 12.1 Å². The number of carboxylic acid groups (broad SMARTS) is 1. The maximum atomic E-state index is 12.1. The fourth-order valence-corrected chi connectivity index (χ4v) is 1.88. The van der Waals surface area contributed by atoms with Crippen LogP contribution in [0.5, 0.6) is 0 Å². The number of carboxylic acids is 1. The lowest BCUT2D eigenvalue weighted by Crippen LogP contribution is -2.41. The molecule has 0 aliphatic carbocycles. The molecule has 1 amide bonds. The van der Waals surface area contributed by atoms with Gasteiger partial charge in [-0.3, -0.25) is 4.79 Å². The molecular formula is C13H16INO4. The van der Waals surface area contributed by atoms with Gasteiger partial charge in [-0.2, -0.15) is 0 Å². The molecule has 0 fully saturated rings. The van der Waals surface area contributed by atoms with Gasteiger partial charge in [-0.05, 0) is 54.1 Å². The zero-order valence-corrected chi connectivity index (χ0v) is 13.1. The molecule has 1 aromatic carbocycles. The number of halogens is 1. The van der Waals surface area contributed by atoms with Crippen LogP contribution >= 0.6 is 22.6 Å². The summed E-state index contributed by atoms with van der Waals surface area (Å²) in [6.45, 7) is 3.54. The molecule has 1 rings (SSSR count). The molecule has 104 valence electrons. The first-order valence-corrected chi connectivity index (χ1v) is 6.81. The van der Waals surface area contributed by atoms with Gasteiger partial charge in [-0.1, -0.05) is 6.92 Å². The van der Waals surface area contributed by atoms with E-state index in [1.54, 1.807) is 13.0 Å². The van der Waals surface area contributed by atoms with Crippen molar-refractivity contribution in [1.29, 1.82) is 0 Å². The van der Waals surface area contributed by atoms with E-state index < -0.39 is 11.6 Å². The highest BCUT2D eigenvalue weighted by Crippen LogP contribution is 2.23. The van der Waals surface area contributed by atoms with Gasteiger partial charge in [0.1, 0.15) is 5.60 Å². The average Bonchev–Trinajstić information content (AvgIpc) is 2.39. The van der Waals surface area contributed by atoms with Crippen molar-refractivity contribution in [2.45, 2.75) is 25.9 Å². The first kappa shape index (κ1) is 15.9. The van der Waals surface area contributed by atoms with Crippen molar-refractivity contribution in [3.63, 3.8) is 0 Å². The minimum Gasteiger partial charge on any atom is -0.478 e. The van der Waals surface area contributed by atoms with Crippen molar-refractivity contribution >= 4 is 40.2 Å². The summed E-state index contributed by atoms with van der Waals surface area (Å²) in [6.07, 6.45) is 0.518. The highest BCUT2D eigenvalue weighted by Gasteiger charge is 2.31. The van der Waals surface area contributed by atoms with Crippen molar-refractivity contribution < 1.29 is 19.4 Å². The first-order valence-electron chi connectivity index (χ1n) is 5.73. The third-order valence-corrected chi connectivity index (χ3v) is 4.01. The van der Waals surface area contributed by atoms with Crippen LogP contribution in [0.3, 0.4) is 0 Å². The summed E-state index contributed by atoms with van der Waals surface area (Å²) >= 11 is 2.04. The summed E-state index contributed by atoms with van der Waals surface area (Å²) in [5, 5.41) is 11.7. The Balaban J connectivity index is 3.02. The van der Waals surface area contributed by atoms with Crippen molar-refractivity contribution in [3.8, 4) is 0 Å². The summed E-state index contributed by atoms with van der Waals surface area (Å²) in [6, 6.07) is 4.58. The second-order valence-corrected chi connectivity index (χ2v) is 5.40. The molecule has 0 saturated carbocycles. The molecule has 19 heavy (non-hydrogen) atoms. The van der Waals surface area contributed by atoms with Gasteiger partial charge in [-0.25, -0.2) is 4.79 Å². The van der Waals surface area contributed by atoms with Crippen LogP contribution in [0.25, 0.3) is 0 Å². The van der Waals surface area contributed by atoms with Crippen LogP contribution in [0.2, 0.25) is 0 Å². The van der Waals surface area contributed by atoms with Crippen molar-refractivity contribution in [2.24, 2.45) is 0 Å². The van der Waals surface area contributed by atoms with E-state index in [2.05, 4.69) is 5.32 Å². The zero-order chi connectivity index (χ0) is 14.6. The van der Waals surface area contributed by atoms with Gasteiger partial charge in [0.25, 0.3) is 5.91 Å². The van der Waals surface area contributed by atoms with Crippen LogP contribution in [-0.4, -0.2) is 29.7 Å². The van der Waals surface area contributed by atoms with Gasteiger partial charge in [0.2, 0.25) is 0 Å². The minimum absolute atomic E-state index is 0.131. The molecule has 0 aromatic heterocycles. The fraction of sp³-hybridized carbons (Fsp3) is 0.385. The Bertz CT molecular complexity index is 497. The number of hydrogen-bond donors (Lipinski definition) is 2. The highest BCUT2D eigenvalue weighted by atomic mass is 127. The number of carbonyl (C=O) groups excluding carboxylic acids is 1. The van der Waals surface area contributed by atoms with E-state index in [4.69, 9.17) is 9.84 Å². The number of benzene rings is 1. The third kappa shape index (κ3) is 3.66. The maximum absolute atomic E-state index is 12.1. The summed E-state index contributed by atoms with van der Waals surface area (Å²) in [5.41, 5.74) is -0.323. The van der Waals surface area contributed by atoms with Crippen LogP contribution in [0.15, 0.2) is 18.2 Å². The molecule has 1 atom stereocenters. The Kier molecular flexibility index (Phi) is 5.30. The van der Waals surface area contributed by atoms with Gasteiger partial charge in [-0.15, -0.1) is 0 Å². The van der Waals surface area contributed by atoms with Crippen LogP contribution < -0.4 is 5.32 Å². The number of carbonyl (C=O) groups is 2. The summed E-state index contributed by atoms with van der Waals surface area (Å²) < 4.78 is 5.98. The first-order chi connectivity index (χ1) is 8.84. The third-order valence-electron chi connectivity index (χ3n) is 3.07. The smallest absolute Gasteiger partial charge is 0.335 e. The number of ether oxygens (including phenoxy) is 1. The molecule has 0 aliphatic rings. The molecule has 6 heteroatoms. The lowest BCUT2D eigenvalue weighted by atomic mass is 10.0. The molecule has 1 aromatic rings. The maximum Gasteiger partial charge on any atom is 0.335 e. The van der Waals surface area contributed by atoms with Crippen LogP contribution in [0.1, 0.15) is 30.6 Å². The number of nitrogens with one attached hydrogen (secondary N) is 1. The normalized spacial score (nSPS) is 13.7. The quantitative estimate of drug-likeness (QED) is 0.774. The fourth-order valence-electron chi connectivity index (χ4n) is 1.41. The summed E-state index contributed by atoms with van der Waals surface area (Å²) in [4.78, 5) is 23.1. The minimum atomic E-state index is -1.03. The standard InChI is InChI=1S/C13H16INO4/c1-4-13(2,19-3)12(18)15-10-7-8(11(16)17)5-6-9(10)14/h5-7H,4H2,1-3H3,(H,15,18)(H,16,17). The van der Waals surface area contributed by atoms with E-state index in [-0.39, 0.29) is 11.5 Å². The summed E-state index contributed by atoms with van der Waals surface area (Å²) in [5.74, 6) is -1.32. The van der Waals surface area contributed by atoms with Crippen LogP contribution in [-0.2, 0) is 9.53 Å². The monoisotopic (exact) mass is 377 g/mol. The predicted molar refractivity (Wildman–Crippen MR) is 80.5 cm³/mol. The Morgan fingerprint density at radius 1 is 1.47 bits per heavy atom. The lowest BCUT2D eigenvalue weighted by molar-refractivity contribution is -0.136. The van der Waals surface area contributed by atoms with Crippen molar-refractivity contribution in [2.75, 3.05) is 12.4 Å². The molecule has 0 bridgehead atoms. The Morgan fingerprint density at radius 2 is 2.11 bits per heavy atom. The molecule has 0 saturated heterocycles. The number of methoxy groups -OCH3 is 1. The van der Waals surface area contributed by atoms with E-state index in [1.165, 1.54) is 19.2 Å². The lowest BCUT2D eigenvalue weighted by Gasteiger charge is -2.25. The van der Waals surface area contributed by atoms with E-state index in [9.17, 15) is 9.59 Å². The van der Waals surface area contributed by atoms with Gasteiger partial charge < -0.3 is 15.2 Å². The number of rotatable bonds is 5. The SMILES string of the molecule is CCC(C)(OC)C(=O)Nc1cc(C(=O)O)ccc1I. The van der Waals surface area contributed by atoms with Crippen molar-refractivity contribution in [1.82, 2.24) is 0 Å². The molecular weight excluding hydrogens is 361 g/mol. The van der Waals surface area contributed by atoms with Crippen LogP contribution in [0.4, 0.5) is 5.69 Å². The number of aromatic carboxylic acids is 1. The largest absolute Gasteiger partial charge is 0.478 e. The van der Waals surface area contributed by atoms with Gasteiger partial charge >= 0.3 is 5.97 Å². The molecule has 2 N–H and O–H groups in total. The average molecular weight is 377 g/mol. The van der Waals surface area contributed by atoms with Crippen molar-refractivity contribution in [3.05, 3.63) is 27.3 Å².